The SMILES string of the molecule is CCCNCCCNCCCNCCCN1C(=O)c2cccc3cccc(c23)C1=O.Cl.Cl.Cl. The van der Waals surface area contributed by atoms with E-state index in [4.69, 9.17) is 0 Å². The molecule has 2 aromatic carbocycles. The Morgan fingerprint density at radius 2 is 1.12 bits per heavy atom. The maximum Gasteiger partial charge on any atom is 0.261 e. The van der Waals surface area contributed by atoms with E-state index in [1.807, 2.05) is 36.4 Å². The van der Waals surface area contributed by atoms with Crippen LogP contribution >= 0.6 is 37.2 Å². The molecule has 2 aromatic rings. The summed E-state index contributed by atoms with van der Waals surface area (Å²) < 4.78 is 0. The van der Waals surface area contributed by atoms with E-state index in [2.05, 4.69) is 22.9 Å². The molecule has 1 aliphatic rings. The standard InChI is InChI=1S/C24H34N4O2.3ClH/c1-2-12-25-13-5-14-26-15-6-16-27-17-7-18-28-23(29)20-10-3-8-19-9-4-11-21(22(19)20)24(28)30;;;/h3-4,8-11,25-27H,2,5-7,12-18H2,1H3;3*1H. The van der Waals surface area contributed by atoms with Crippen molar-refractivity contribution in [2.24, 2.45) is 0 Å². The first-order chi connectivity index (χ1) is 14.7. The third-order valence-corrected chi connectivity index (χ3v) is 5.43. The third kappa shape index (κ3) is 8.71. The second-order valence-corrected chi connectivity index (χ2v) is 7.78. The van der Waals surface area contributed by atoms with E-state index in [-0.39, 0.29) is 49.0 Å². The lowest BCUT2D eigenvalue weighted by Gasteiger charge is -2.27. The number of imide groups is 1. The summed E-state index contributed by atoms with van der Waals surface area (Å²) in [6, 6.07) is 11.3. The first-order valence-electron chi connectivity index (χ1n) is 11.2. The van der Waals surface area contributed by atoms with Gasteiger partial charge in [-0.2, -0.15) is 0 Å². The summed E-state index contributed by atoms with van der Waals surface area (Å²) in [4.78, 5) is 27.1. The molecule has 33 heavy (non-hydrogen) atoms. The molecule has 0 saturated carbocycles. The van der Waals surface area contributed by atoms with Gasteiger partial charge in [-0.05, 0) is 82.5 Å². The Balaban J connectivity index is 0.00000341. The molecule has 0 aromatic heterocycles. The zero-order valence-electron chi connectivity index (χ0n) is 19.2. The number of amides is 2. The van der Waals surface area contributed by atoms with Crippen LogP contribution in [0.5, 0.6) is 0 Å². The predicted molar refractivity (Wildman–Crippen MR) is 144 cm³/mol. The van der Waals surface area contributed by atoms with Gasteiger partial charge in [0.25, 0.3) is 11.8 Å². The van der Waals surface area contributed by atoms with Crippen molar-refractivity contribution in [3.63, 3.8) is 0 Å². The van der Waals surface area contributed by atoms with Crippen LogP contribution in [-0.2, 0) is 0 Å². The summed E-state index contributed by atoms with van der Waals surface area (Å²) in [7, 11) is 0. The lowest BCUT2D eigenvalue weighted by molar-refractivity contribution is 0.0609. The van der Waals surface area contributed by atoms with Crippen molar-refractivity contribution in [2.45, 2.75) is 32.6 Å². The minimum Gasteiger partial charge on any atom is -0.317 e. The van der Waals surface area contributed by atoms with Gasteiger partial charge in [0.15, 0.2) is 0 Å². The van der Waals surface area contributed by atoms with Gasteiger partial charge in [0.05, 0.1) is 0 Å². The highest BCUT2D eigenvalue weighted by Gasteiger charge is 2.31. The van der Waals surface area contributed by atoms with E-state index in [9.17, 15) is 9.59 Å². The zero-order valence-corrected chi connectivity index (χ0v) is 21.7. The molecule has 0 unspecified atom stereocenters. The van der Waals surface area contributed by atoms with E-state index < -0.39 is 0 Å². The van der Waals surface area contributed by atoms with Crippen LogP contribution in [0.4, 0.5) is 0 Å². The maximum atomic E-state index is 12.8. The van der Waals surface area contributed by atoms with E-state index >= 15 is 0 Å². The minimum absolute atomic E-state index is 0. The number of nitrogens with zero attached hydrogens (tertiary/aromatic N) is 1. The molecular weight excluding hydrogens is 483 g/mol. The van der Waals surface area contributed by atoms with E-state index in [0.717, 1.165) is 69.3 Å². The molecular formula is C24H37Cl3N4O2. The van der Waals surface area contributed by atoms with Gasteiger partial charge < -0.3 is 16.0 Å². The average molecular weight is 520 g/mol. The molecule has 2 amide bonds. The van der Waals surface area contributed by atoms with Crippen LogP contribution in [0.25, 0.3) is 10.8 Å². The lowest BCUT2D eigenvalue weighted by atomic mass is 9.94. The molecule has 1 heterocycles. The van der Waals surface area contributed by atoms with E-state index in [0.29, 0.717) is 17.7 Å². The second-order valence-electron chi connectivity index (χ2n) is 7.78. The van der Waals surface area contributed by atoms with Gasteiger partial charge in [-0.15, -0.1) is 37.2 Å². The zero-order chi connectivity index (χ0) is 21.2. The predicted octanol–water partition coefficient (Wildman–Crippen LogP) is 4.05. The molecule has 0 saturated heterocycles. The van der Waals surface area contributed by atoms with E-state index in [1.54, 1.807) is 0 Å². The number of carbonyl (C=O) groups excluding carboxylic acids is 2. The summed E-state index contributed by atoms with van der Waals surface area (Å²) >= 11 is 0. The maximum absolute atomic E-state index is 12.8. The number of nitrogens with one attached hydrogen (secondary N) is 3. The monoisotopic (exact) mass is 518 g/mol. The Bertz CT molecular complexity index is 816. The van der Waals surface area contributed by atoms with Crippen LogP contribution in [0.3, 0.4) is 0 Å². The van der Waals surface area contributed by atoms with Crippen molar-refractivity contribution in [2.75, 3.05) is 45.8 Å². The Morgan fingerprint density at radius 1 is 0.667 bits per heavy atom. The molecule has 3 rings (SSSR count). The molecule has 3 N–H and O–H groups in total. The first-order valence-corrected chi connectivity index (χ1v) is 11.2. The number of rotatable bonds is 14. The molecule has 0 radical (unpaired) electrons. The second kappa shape index (κ2) is 17.1. The molecule has 6 nitrogen and oxygen atoms in total. The molecule has 186 valence electrons. The fraction of sp³-hybridized carbons (Fsp3) is 0.500. The topological polar surface area (TPSA) is 73.5 Å². The van der Waals surface area contributed by atoms with Gasteiger partial charge in [0.2, 0.25) is 0 Å². The highest BCUT2D eigenvalue weighted by atomic mass is 35.5. The molecule has 0 aliphatic carbocycles. The lowest BCUT2D eigenvalue weighted by Crippen LogP contribution is -2.41. The van der Waals surface area contributed by atoms with Crippen LogP contribution in [0.15, 0.2) is 36.4 Å². The van der Waals surface area contributed by atoms with Gasteiger partial charge >= 0.3 is 0 Å². The van der Waals surface area contributed by atoms with Crippen molar-refractivity contribution in [1.29, 1.82) is 0 Å². The fourth-order valence-electron chi connectivity index (χ4n) is 3.87. The van der Waals surface area contributed by atoms with Gasteiger partial charge in [-0.1, -0.05) is 31.2 Å². The Kier molecular flexibility index (Phi) is 16.4. The van der Waals surface area contributed by atoms with Gasteiger partial charge in [-0.3, -0.25) is 14.5 Å². The minimum atomic E-state index is -0.179. The molecule has 0 bridgehead atoms. The first kappa shape index (κ1) is 31.6. The normalized spacial score (nSPS) is 12.2. The van der Waals surface area contributed by atoms with Crippen LogP contribution < -0.4 is 16.0 Å². The van der Waals surface area contributed by atoms with E-state index in [1.165, 1.54) is 11.3 Å². The molecule has 1 aliphatic heterocycles. The highest BCUT2D eigenvalue weighted by Crippen LogP contribution is 2.29. The molecule has 0 atom stereocenters. The van der Waals surface area contributed by atoms with Crippen molar-refractivity contribution < 1.29 is 9.59 Å². The van der Waals surface area contributed by atoms with Gasteiger partial charge in [0, 0.05) is 23.1 Å². The molecule has 9 heteroatoms. The smallest absolute Gasteiger partial charge is 0.261 e. The highest BCUT2D eigenvalue weighted by molar-refractivity contribution is 6.25. The Labute approximate surface area is 215 Å². The fourth-order valence-corrected chi connectivity index (χ4v) is 3.87. The average Bonchev–Trinajstić information content (AvgIpc) is 2.77. The number of hydrogen-bond acceptors (Lipinski definition) is 5. The summed E-state index contributed by atoms with van der Waals surface area (Å²) in [5.41, 5.74) is 1.26. The molecule has 0 fully saturated rings. The van der Waals surface area contributed by atoms with Crippen LogP contribution in [0.1, 0.15) is 53.3 Å². The number of halogens is 3. The summed E-state index contributed by atoms with van der Waals surface area (Å²) in [5.74, 6) is -0.358. The summed E-state index contributed by atoms with van der Waals surface area (Å²) in [6.07, 6.45) is 4.16. The Morgan fingerprint density at radius 3 is 1.61 bits per heavy atom. The number of carbonyl (C=O) groups is 2. The largest absolute Gasteiger partial charge is 0.317 e. The summed E-state index contributed by atoms with van der Waals surface area (Å²) in [6.45, 7) is 8.58. The van der Waals surface area contributed by atoms with Crippen LogP contribution in [0, 0.1) is 0 Å². The van der Waals surface area contributed by atoms with Gasteiger partial charge in [-0.25, -0.2) is 0 Å². The van der Waals surface area contributed by atoms with Crippen molar-refractivity contribution in [3.8, 4) is 0 Å². The quantitative estimate of drug-likeness (QED) is 0.259. The van der Waals surface area contributed by atoms with Crippen molar-refractivity contribution >= 4 is 59.8 Å². The Hall–Kier alpha value is -1.41. The van der Waals surface area contributed by atoms with Crippen LogP contribution in [0.2, 0.25) is 0 Å². The van der Waals surface area contributed by atoms with Crippen molar-refractivity contribution in [3.05, 3.63) is 47.5 Å². The van der Waals surface area contributed by atoms with Gasteiger partial charge in [0.1, 0.15) is 0 Å². The third-order valence-electron chi connectivity index (χ3n) is 5.43. The summed E-state index contributed by atoms with van der Waals surface area (Å²) in [5, 5.41) is 12.0. The van der Waals surface area contributed by atoms with Crippen molar-refractivity contribution in [1.82, 2.24) is 20.9 Å². The number of benzene rings is 2. The molecule has 0 spiro atoms. The van der Waals surface area contributed by atoms with Crippen LogP contribution in [-0.4, -0.2) is 62.5 Å². The number of hydrogen-bond donors (Lipinski definition) is 3.